The Labute approximate surface area is 122 Å². The van der Waals surface area contributed by atoms with E-state index in [1.807, 2.05) is 19.9 Å². The van der Waals surface area contributed by atoms with Gasteiger partial charge in [-0.15, -0.1) is 0 Å². The maximum absolute atomic E-state index is 5.47. The molecule has 1 aliphatic rings. The van der Waals surface area contributed by atoms with E-state index in [0.29, 0.717) is 18.5 Å². The molecular formula is C16H27N3O. The van der Waals surface area contributed by atoms with E-state index < -0.39 is 0 Å². The molecule has 0 atom stereocenters. The van der Waals surface area contributed by atoms with E-state index in [2.05, 4.69) is 22.2 Å². The molecule has 4 heteroatoms. The summed E-state index contributed by atoms with van der Waals surface area (Å²) in [6, 6.07) is 2.46. The van der Waals surface area contributed by atoms with Crippen LogP contribution in [0.1, 0.15) is 58.2 Å². The van der Waals surface area contributed by atoms with Gasteiger partial charge in [-0.25, -0.2) is 4.98 Å². The molecule has 4 nitrogen and oxygen atoms in total. The standard InChI is InChI=1S/C16H27N3O/c1-4-6-13-7-9-14(10-8-13)19-15-11-16(20-5-2)18-12(3)17-15/h11,13-14H,4-10H2,1-3H3,(H,17,18,19). The summed E-state index contributed by atoms with van der Waals surface area (Å²) in [5, 5.41) is 3.55. The summed E-state index contributed by atoms with van der Waals surface area (Å²) in [6.45, 7) is 6.80. The summed E-state index contributed by atoms with van der Waals surface area (Å²) in [4.78, 5) is 8.74. The van der Waals surface area contributed by atoms with Gasteiger partial charge in [0.25, 0.3) is 0 Å². The van der Waals surface area contributed by atoms with Crippen LogP contribution in [0.4, 0.5) is 5.82 Å². The maximum atomic E-state index is 5.47. The van der Waals surface area contributed by atoms with Crippen LogP contribution in [0.5, 0.6) is 5.88 Å². The SMILES string of the molecule is CCCC1CCC(Nc2cc(OCC)nc(C)n2)CC1. The van der Waals surface area contributed by atoms with Crippen molar-refractivity contribution in [3.63, 3.8) is 0 Å². The molecule has 0 bridgehead atoms. The summed E-state index contributed by atoms with van der Waals surface area (Å²) in [6.07, 6.45) is 7.87. The van der Waals surface area contributed by atoms with Gasteiger partial charge < -0.3 is 10.1 Å². The number of nitrogens with zero attached hydrogens (tertiary/aromatic N) is 2. The molecular weight excluding hydrogens is 250 g/mol. The Morgan fingerprint density at radius 2 is 1.95 bits per heavy atom. The topological polar surface area (TPSA) is 47.0 Å². The molecule has 2 rings (SSSR count). The minimum Gasteiger partial charge on any atom is -0.478 e. The van der Waals surface area contributed by atoms with Crippen LogP contribution in [-0.2, 0) is 0 Å². The third-order valence-electron chi connectivity index (χ3n) is 4.00. The molecule has 112 valence electrons. The predicted octanol–water partition coefficient (Wildman–Crippen LogP) is 3.95. The summed E-state index contributed by atoms with van der Waals surface area (Å²) >= 11 is 0. The van der Waals surface area contributed by atoms with Gasteiger partial charge >= 0.3 is 0 Å². The van der Waals surface area contributed by atoms with E-state index in [4.69, 9.17) is 4.74 Å². The first-order valence-electron chi connectivity index (χ1n) is 7.96. The quantitative estimate of drug-likeness (QED) is 0.855. The molecule has 1 aromatic heterocycles. The van der Waals surface area contributed by atoms with Gasteiger partial charge in [0, 0.05) is 12.1 Å². The van der Waals surface area contributed by atoms with Gasteiger partial charge in [0.05, 0.1) is 6.61 Å². The van der Waals surface area contributed by atoms with Crippen LogP contribution in [0.25, 0.3) is 0 Å². The summed E-state index contributed by atoms with van der Waals surface area (Å²) in [7, 11) is 0. The van der Waals surface area contributed by atoms with Crippen LogP contribution in [0.2, 0.25) is 0 Å². The number of aromatic nitrogens is 2. The molecule has 1 aliphatic carbocycles. The van der Waals surface area contributed by atoms with E-state index in [-0.39, 0.29) is 0 Å². The Morgan fingerprint density at radius 3 is 2.60 bits per heavy atom. The number of ether oxygens (including phenoxy) is 1. The highest BCUT2D eigenvalue weighted by atomic mass is 16.5. The fourth-order valence-corrected chi connectivity index (χ4v) is 3.05. The molecule has 1 heterocycles. The van der Waals surface area contributed by atoms with E-state index in [9.17, 15) is 0 Å². The minimum atomic E-state index is 0.548. The Hall–Kier alpha value is -1.32. The lowest BCUT2D eigenvalue weighted by atomic mass is 9.83. The molecule has 0 radical (unpaired) electrons. The molecule has 0 saturated heterocycles. The number of hydrogen-bond donors (Lipinski definition) is 1. The summed E-state index contributed by atoms with van der Waals surface area (Å²) < 4.78 is 5.47. The van der Waals surface area contributed by atoms with E-state index in [0.717, 1.165) is 17.6 Å². The lowest BCUT2D eigenvalue weighted by molar-refractivity contribution is 0.317. The third-order valence-corrected chi connectivity index (χ3v) is 4.00. The lowest BCUT2D eigenvalue weighted by Crippen LogP contribution is -2.26. The second-order valence-electron chi connectivity index (χ2n) is 5.72. The molecule has 0 aromatic carbocycles. The predicted molar refractivity (Wildman–Crippen MR) is 82.2 cm³/mol. The van der Waals surface area contributed by atoms with Crippen LogP contribution in [0.15, 0.2) is 6.07 Å². The van der Waals surface area contributed by atoms with Crippen molar-refractivity contribution < 1.29 is 4.74 Å². The molecule has 1 aromatic rings. The minimum absolute atomic E-state index is 0.548. The Bertz CT molecular complexity index is 414. The normalized spacial score (nSPS) is 22.6. The van der Waals surface area contributed by atoms with Crippen LogP contribution in [-0.4, -0.2) is 22.6 Å². The van der Waals surface area contributed by atoms with Crippen molar-refractivity contribution in [3.05, 3.63) is 11.9 Å². The van der Waals surface area contributed by atoms with Crippen LogP contribution >= 0.6 is 0 Å². The molecule has 1 fully saturated rings. The Morgan fingerprint density at radius 1 is 1.20 bits per heavy atom. The van der Waals surface area contributed by atoms with Gasteiger partial charge in [0.2, 0.25) is 5.88 Å². The summed E-state index contributed by atoms with van der Waals surface area (Å²) in [5.41, 5.74) is 0. The zero-order valence-corrected chi connectivity index (χ0v) is 13.0. The third kappa shape index (κ3) is 4.36. The van der Waals surface area contributed by atoms with Crippen LogP contribution < -0.4 is 10.1 Å². The van der Waals surface area contributed by atoms with E-state index in [1.165, 1.54) is 38.5 Å². The Kier molecular flexibility index (Phi) is 5.62. The molecule has 1 N–H and O–H groups in total. The number of nitrogens with one attached hydrogen (secondary N) is 1. The largest absolute Gasteiger partial charge is 0.478 e. The lowest BCUT2D eigenvalue weighted by Gasteiger charge is -2.29. The number of hydrogen-bond acceptors (Lipinski definition) is 4. The van der Waals surface area contributed by atoms with Gasteiger partial charge in [0.1, 0.15) is 11.6 Å². The van der Waals surface area contributed by atoms with Gasteiger partial charge in [0.15, 0.2) is 0 Å². The average Bonchev–Trinajstić information content (AvgIpc) is 2.41. The average molecular weight is 277 g/mol. The second-order valence-corrected chi connectivity index (χ2v) is 5.72. The van der Waals surface area contributed by atoms with Gasteiger partial charge in [-0.05, 0) is 45.4 Å². The van der Waals surface area contributed by atoms with Crippen molar-refractivity contribution in [2.75, 3.05) is 11.9 Å². The van der Waals surface area contributed by atoms with Crippen LogP contribution in [0.3, 0.4) is 0 Å². The Balaban J connectivity index is 1.90. The first-order valence-corrected chi connectivity index (χ1v) is 7.96. The van der Waals surface area contributed by atoms with Crippen molar-refractivity contribution in [1.29, 1.82) is 0 Å². The highest BCUT2D eigenvalue weighted by Crippen LogP contribution is 2.29. The zero-order valence-electron chi connectivity index (χ0n) is 13.0. The van der Waals surface area contributed by atoms with Gasteiger partial charge in [-0.3, -0.25) is 0 Å². The molecule has 0 unspecified atom stereocenters. The zero-order chi connectivity index (χ0) is 14.4. The molecule has 0 spiro atoms. The van der Waals surface area contributed by atoms with E-state index >= 15 is 0 Å². The molecule has 0 amide bonds. The highest BCUT2D eigenvalue weighted by molar-refractivity contribution is 5.39. The smallest absolute Gasteiger partial charge is 0.218 e. The number of rotatable bonds is 6. The first kappa shape index (κ1) is 15.1. The maximum Gasteiger partial charge on any atom is 0.218 e. The van der Waals surface area contributed by atoms with Crippen LogP contribution in [0, 0.1) is 12.8 Å². The van der Waals surface area contributed by atoms with Crippen molar-refractivity contribution >= 4 is 5.82 Å². The van der Waals surface area contributed by atoms with Crippen molar-refractivity contribution in [1.82, 2.24) is 9.97 Å². The highest BCUT2D eigenvalue weighted by Gasteiger charge is 2.20. The number of anilines is 1. The summed E-state index contributed by atoms with van der Waals surface area (Å²) in [5.74, 6) is 3.27. The molecule has 1 saturated carbocycles. The monoisotopic (exact) mass is 277 g/mol. The van der Waals surface area contributed by atoms with Gasteiger partial charge in [-0.1, -0.05) is 19.8 Å². The molecule has 0 aliphatic heterocycles. The second kappa shape index (κ2) is 7.46. The van der Waals surface area contributed by atoms with Crippen molar-refractivity contribution in [2.45, 2.75) is 65.3 Å². The fraction of sp³-hybridized carbons (Fsp3) is 0.750. The fourth-order valence-electron chi connectivity index (χ4n) is 3.05. The molecule has 20 heavy (non-hydrogen) atoms. The van der Waals surface area contributed by atoms with Gasteiger partial charge in [-0.2, -0.15) is 4.98 Å². The van der Waals surface area contributed by atoms with Crippen molar-refractivity contribution in [2.24, 2.45) is 5.92 Å². The first-order chi connectivity index (χ1) is 9.71. The van der Waals surface area contributed by atoms with Crippen molar-refractivity contribution in [3.8, 4) is 5.88 Å². The number of aryl methyl sites for hydroxylation is 1. The van der Waals surface area contributed by atoms with E-state index in [1.54, 1.807) is 0 Å².